The number of piperidine rings is 1. The van der Waals surface area contributed by atoms with E-state index in [1.165, 1.54) is 18.2 Å². The highest BCUT2D eigenvalue weighted by atomic mass is 32.1. The van der Waals surface area contributed by atoms with Gasteiger partial charge in [-0.1, -0.05) is 6.07 Å². The molecule has 0 atom stereocenters. The zero-order valence-corrected chi connectivity index (χ0v) is 15.5. The van der Waals surface area contributed by atoms with Gasteiger partial charge >= 0.3 is 0 Å². The zero-order chi connectivity index (χ0) is 18.5. The monoisotopic (exact) mass is 375 g/mol. The summed E-state index contributed by atoms with van der Waals surface area (Å²) in [6, 6.07) is 5.72. The first-order chi connectivity index (χ1) is 12.5. The van der Waals surface area contributed by atoms with Crippen molar-refractivity contribution in [2.75, 3.05) is 19.6 Å². The average Bonchev–Trinajstić information content (AvgIpc) is 3.06. The maximum atomic E-state index is 13.3. The number of nitrogens with one attached hydrogen (secondary N) is 1. The van der Waals surface area contributed by atoms with Crippen LogP contribution in [-0.4, -0.2) is 41.3 Å². The van der Waals surface area contributed by atoms with Crippen molar-refractivity contribution in [1.82, 2.24) is 15.2 Å². The third kappa shape index (κ3) is 4.66. The third-order valence-corrected chi connectivity index (χ3v) is 5.39. The van der Waals surface area contributed by atoms with E-state index < -0.39 is 5.82 Å². The molecule has 138 valence electrons. The molecule has 0 spiro atoms. The Kier molecular flexibility index (Phi) is 5.98. The molecule has 0 bridgehead atoms. The van der Waals surface area contributed by atoms with Crippen LogP contribution in [0.25, 0.3) is 0 Å². The molecule has 3 rings (SSSR count). The van der Waals surface area contributed by atoms with E-state index in [2.05, 4.69) is 10.3 Å². The lowest BCUT2D eigenvalue weighted by molar-refractivity contribution is -0.126. The molecule has 2 aromatic rings. The fraction of sp³-hybridized carbons (Fsp3) is 0.421. The number of rotatable bonds is 5. The average molecular weight is 375 g/mol. The van der Waals surface area contributed by atoms with E-state index >= 15 is 0 Å². The smallest absolute Gasteiger partial charge is 0.253 e. The van der Waals surface area contributed by atoms with Crippen LogP contribution in [0.3, 0.4) is 0 Å². The molecule has 0 aliphatic carbocycles. The van der Waals surface area contributed by atoms with Gasteiger partial charge in [0.15, 0.2) is 0 Å². The first-order valence-corrected chi connectivity index (χ1v) is 9.64. The van der Waals surface area contributed by atoms with Gasteiger partial charge in [-0.05, 0) is 38.0 Å². The minimum Gasteiger partial charge on any atom is -0.355 e. The summed E-state index contributed by atoms with van der Waals surface area (Å²) in [5.74, 6) is -0.638. The molecule has 5 nitrogen and oxygen atoms in total. The SMILES string of the molecule is Cc1nc(CCNC(=O)C2CCN(C(=O)c3cccc(F)c3)CC2)cs1. The van der Waals surface area contributed by atoms with Crippen LogP contribution in [0.15, 0.2) is 29.6 Å². The summed E-state index contributed by atoms with van der Waals surface area (Å²) in [6.07, 6.45) is 1.98. The molecule has 26 heavy (non-hydrogen) atoms. The molecule has 0 unspecified atom stereocenters. The van der Waals surface area contributed by atoms with Crippen LogP contribution in [0, 0.1) is 18.7 Å². The van der Waals surface area contributed by atoms with Crippen LogP contribution in [0.5, 0.6) is 0 Å². The maximum absolute atomic E-state index is 13.3. The molecule has 0 saturated carbocycles. The minimum atomic E-state index is -0.416. The van der Waals surface area contributed by atoms with Crippen LogP contribution < -0.4 is 5.32 Å². The molecule has 1 aliphatic heterocycles. The van der Waals surface area contributed by atoms with Crippen molar-refractivity contribution in [2.24, 2.45) is 5.92 Å². The summed E-state index contributed by atoms with van der Waals surface area (Å²) in [5.41, 5.74) is 1.36. The van der Waals surface area contributed by atoms with Crippen LogP contribution >= 0.6 is 11.3 Å². The molecule has 1 aromatic heterocycles. The number of carbonyl (C=O) groups excluding carboxylic acids is 2. The number of benzene rings is 1. The Morgan fingerprint density at radius 3 is 2.77 bits per heavy atom. The minimum absolute atomic E-state index is 0.0369. The van der Waals surface area contributed by atoms with Crippen molar-refractivity contribution in [3.05, 3.63) is 51.7 Å². The molecule has 0 radical (unpaired) electrons. The lowest BCUT2D eigenvalue weighted by Gasteiger charge is -2.31. The Labute approximate surface area is 156 Å². The number of likely N-dealkylation sites (tertiary alicyclic amines) is 1. The second-order valence-electron chi connectivity index (χ2n) is 6.48. The summed E-state index contributed by atoms with van der Waals surface area (Å²) in [6.45, 7) is 3.56. The fourth-order valence-corrected chi connectivity index (χ4v) is 3.78. The normalized spacial score (nSPS) is 15.1. The highest BCUT2D eigenvalue weighted by molar-refractivity contribution is 7.09. The number of thiazole rings is 1. The van der Waals surface area contributed by atoms with Gasteiger partial charge in [-0.15, -0.1) is 11.3 Å². The molecule has 1 aromatic carbocycles. The van der Waals surface area contributed by atoms with E-state index in [0.717, 1.165) is 17.1 Å². The Bertz CT molecular complexity index is 785. The molecule has 1 saturated heterocycles. The van der Waals surface area contributed by atoms with Gasteiger partial charge in [-0.25, -0.2) is 9.37 Å². The highest BCUT2D eigenvalue weighted by Gasteiger charge is 2.27. The number of hydrogen-bond donors (Lipinski definition) is 1. The standard InChI is InChI=1S/C19H22FN3O2S/c1-13-22-17(12-26-13)5-8-21-18(24)14-6-9-23(10-7-14)19(25)15-3-2-4-16(20)11-15/h2-4,11-12,14H,5-10H2,1H3,(H,21,24). The fourth-order valence-electron chi connectivity index (χ4n) is 3.13. The van der Waals surface area contributed by atoms with Gasteiger partial charge in [-0.3, -0.25) is 9.59 Å². The number of nitrogens with zero attached hydrogens (tertiary/aromatic N) is 2. The van der Waals surface area contributed by atoms with E-state index in [4.69, 9.17) is 0 Å². The summed E-state index contributed by atoms with van der Waals surface area (Å²) in [7, 11) is 0. The van der Waals surface area contributed by atoms with Crippen molar-refractivity contribution in [3.8, 4) is 0 Å². The van der Waals surface area contributed by atoms with Crippen molar-refractivity contribution in [1.29, 1.82) is 0 Å². The number of hydrogen-bond acceptors (Lipinski definition) is 4. The van der Waals surface area contributed by atoms with E-state index in [9.17, 15) is 14.0 Å². The topological polar surface area (TPSA) is 62.3 Å². The highest BCUT2D eigenvalue weighted by Crippen LogP contribution is 2.19. The first kappa shape index (κ1) is 18.5. The molecule has 2 amide bonds. The second kappa shape index (κ2) is 8.40. The van der Waals surface area contributed by atoms with Gasteiger partial charge in [0.05, 0.1) is 10.7 Å². The molecular formula is C19H22FN3O2S. The lowest BCUT2D eigenvalue weighted by Crippen LogP contribution is -2.43. The van der Waals surface area contributed by atoms with Gasteiger partial charge in [0.25, 0.3) is 5.91 Å². The van der Waals surface area contributed by atoms with E-state index in [-0.39, 0.29) is 17.7 Å². The van der Waals surface area contributed by atoms with Gasteiger partial charge in [0.2, 0.25) is 5.91 Å². The Morgan fingerprint density at radius 1 is 1.35 bits per heavy atom. The van der Waals surface area contributed by atoms with Gasteiger partial charge in [-0.2, -0.15) is 0 Å². The maximum Gasteiger partial charge on any atom is 0.253 e. The Hall–Kier alpha value is -2.28. The quantitative estimate of drug-likeness (QED) is 0.874. The summed E-state index contributed by atoms with van der Waals surface area (Å²) < 4.78 is 13.3. The van der Waals surface area contributed by atoms with Crippen molar-refractivity contribution < 1.29 is 14.0 Å². The summed E-state index contributed by atoms with van der Waals surface area (Å²) >= 11 is 1.61. The molecule has 1 N–H and O–H groups in total. The zero-order valence-electron chi connectivity index (χ0n) is 14.7. The molecular weight excluding hydrogens is 353 g/mol. The largest absolute Gasteiger partial charge is 0.355 e. The molecule has 2 heterocycles. The second-order valence-corrected chi connectivity index (χ2v) is 7.54. The van der Waals surface area contributed by atoms with E-state index in [1.54, 1.807) is 22.3 Å². The number of aryl methyl sites for hydroxylation is 1. The van der Waals surface area contributed by atoms with E-state index in [1.807, 2.05) is 12.3 Å². The Morgan fingerprint density at radius 2 is 2.12 bits per heavy atom. The third-order valence-electron chi connectivity index (χ3n) is 4.57. The lowest BCUT2D eigenvalue weighted by atomic mass is 9.95. The van der Waals surface area contributed by atoms with Crippen molar-refractivity contribution in [3.63, 3.8) is 0 Å². The molecule has 1 fully saturated rings. The van der Waals surface area contributed by atoms with Crippen molar-refractivity contribution in [2.45, 2.75) is 26.2 Å². The summed E-state index contributed by atoms with van der Waals surface area (Å²) in [5, 5.41) is 6.01. The first-order valence-electron chi connectivity index (χ1n) is 8.76. The Balaban J connectivity index is 1.44. The van der Waals surface area contributed by atoms with E-state index in [0.29, 0.717) is 38.0 Å². The van der Waals surface area contributed by atoms with Gasteiger partial charge in [0, 0.05) is 42.9 Å². The van der Waals surface area contributed by atoms with Gasteiger partial charge in [0.1, 0.15) is 5.82 Å². The van der Waals surface area contributed by atoms with Crippen LogP contribution in [0.1, 0.15) is 33.9 Å². The number of halogens is 1. The number of aromatic nitrogens is 1. The van der Waals surface area contributed by atoms with Gasteiger partial charge < -0.3 is 10.2 Å². The number of carbonyl (C=O) groups is 2. The number of amides is 2. The molecule has 1 aliphatic rings. The predicted octanol–water partition coefficient (Wildman–Crippen LogP) is 2.80. The molecule has 7 heteroatoms. The summed E-state index contributed by atoms with van der Waals surface area (Å²) in [4.78, 5) is 30.8. The van der Waals surface area contributed by atoms with Crippen LogP contribution in [0.4, 0.5) is 4.39 Å². The van der Waals surface area contributed by atoms with Crippen LogP contribution in [0.2, 0.25) is 0 Å². The predicted molar refractivity (Wildman–Crippen MR) is 98.6 cm³/mol. The van der Waals surface area contributed by atoms with Crippen molar-refractivity contribution >= 4 is 23.2 Å². The van der Waals surface area contributed by atoms with Crippen LogP contribution in [-0.2, 0) is 11.2 Å².